The molecule has 5 rings (SSSR count). The maximum atomic E-state index is 13.3. The minimum absolute atomic E-state index is 0.0190. The molecule has 0 saturated heterocycles. The number of fused-ring (bicyclic) bond motifs is 3. The van der Waals surface area contributed by atoms with Gasteiger partial charge in [-0.3, -0.25) is 0 Å². The number of hydrogen-bond acceptors (Lipinski definition) is 7. The third-order valence-electron chi connectivity index (χ3n) is 5.16. The van der Waals surface area contributed by atoms with E-state index < -0.39 is 9.84 Å². The van der Waals surface area contributed by atoms with E-state index in [2.05, 4.69) is 20.6 Å². The molecule has 1 atom stereocenters. The van der Waals surface area contributed by atoms with Crippen molar-refractivity contribution in [1.29, 1.82) is 0 Å². The van der Waals surface area contributed by atoms with Crippen LogP contribution in [0.2, 0.25) is 0 Å². The van der Waals surface area contributed by atoms with Crippen LogP contribution in [-0.2, 0) is 9.84 Å². The Morgan fingerprint density at radius 2 is 1.77 bits per heavy atom. The van der Waals surface area contributed by atoms with Crippen LogP contribution in [0.1, 0.15) is 24.1 Å². The number of anilines is 1. The molecule has 156 valence electrons. The summed E-state index contributed by atoms with van der Waals surface area (Å²) in [4.78, 5) is 4.84. The fourth-order valence-electron chi connectivity index (χ4n) is 3.45. The molecule has 0 bridgehead atoms. The maximum Gasteiger partial charge on any atom is 0.229 e. The van der Waals surface area contributed by atoms with E-state index in [0.717, 1.165) is 21.3 Å². The lowest BCUT2D eigenvalue weighted by Gasteiger charge is -2.15. The summed E-state index contributed by atoms with van der Waals surface area (Å²) in [6.45, 7) is 3.95. The Hall–Kier alpha value is -3.30. The van der Waals surface area contributed by atoms with Crippen LogP contribution < -0.4 is 5.32 Å². The normalized spacial score (nSPS) is 13.0. The quantitative estimate of drug-likeness (QED) is 0.420. The van der Waals surface area contributed by atoms with Crippen molar-refractivity contribution in [2.75, 3.05) is 5.32 Å². The van der Waals surface area contributed by atoms with Crippen LogP contribution in [0, 0.1) is 6.92 Å². The van der Waals surface area contributed by atoms with Gasteiger partial charge in [0.25, 0.3) is 0 Å². The predicted molar refractivity (Wildman–Crippen MR) is 121 cm³/mol. The van der Waals surface area contributed by atoms with Gasteiger partial charge in [0.05, 0.1) is 15.1 Å². The Morgan fingerprint density at radius 1 is 1.03 bits per heavy atom. The summed E-state index contributed by atoms with van der Waals surface area (Å²) < 4.78 is 28.9. The average Bonchev–Trinajstić information content (AvgIpc) is 3.42. The van der Waals surface area contributed by atoms with Gasteiger partial charge in [-0.15, -0.1) is 16.4 Å². The van der Waals surface area contributed by atoms with Crippen molar-refractivity contribution < 1.29 is 8.42 Å². The highest BCUT2D eigenvalue weighted by Crippen LogP contribution is 2.32. The molecule has 31 heavy (non-hydrogen) atoms. The molecule has 7 nitrogen and oxygen atoms in total. The van der Waals surface area contributed by atoms with Crippen molar-refractivity contribution >= 4 is 42.9 Å². The van der Waals surface area contributed by atoms with Crippen molar-refractivity contribution in [1.82, 2.24) is 19.8 Å². The molecule has 3 heterocycles. The van der Waals surface area contributed by atoms with Gasteiger partial charge in [0, 0.05) is 6.04 Å². The molecule has 0 aliphatic rings. The average molecular weight is 450 g/mol. The van der Waals surface area contributed by atoms with Crippen molar-refractivity contribution in [2.45, 2.75) is 29.8 Å². The summed E-state index contributed by atoms with van der Waals surface area (Å²) in [6.07, 6.45) is 0. The standard InChI is InChI=1S/C22H19N5O2S2/c1-14-8-10-17(11-9-14)31(28,29)22-21-24-20(23-15(2)16-6-4-3-5-7-16)19-18(12-13-30-19)27(21)26-25-22/h3-13,15H,1-2H3,(H,23,24)/t15-/m1/s1. The summed E-state index contributed by atoms with van der Waals surface area (Å²) in [5.41, 5.74) is 3.05. The van der Waals surface area contributed by atoms with Gasteiger partial charge in [-0.2, -0.15) is 4.52 Å². The van der Waals surface area contributed by atoms with Crippen LogP contribution >= 0.6 is 11.3 Å². The third kappa shape index (κ3) is 3.35. The highest BCUT2D eigenvalue weighted by Gasteiger charge is 2.27. The summed E-state index contributed by atoms with van der Waals surface area (Å²) >= 11 is 1.52. The van der Waals surface area contributed by atoms with Gasteiger partial charge in [0.15, 0.2) is 5.65 Å². The Balaban J connectivity index is 1.66. The molecule has 5 aromatic rings. The first kappa shape index (κ1) is 19.7. The van der Waals surface area contributed by atoms with E-state index in [1.165, 1.54) is 15.9 Å². The summed E-state index contributed by atoms with van der Waals surface area (Å²) in [7, 11) is -3.87. The number of hydrogen-bond donors (Lipinski definition) is 1. The lowest BCUT2D eigenvalue weighted by molar-refractivity contribution is 0.592. The van der Waals surface area contributed by atoms with Crippen LogP contribution in [0.4, 0.5) is 5.82 Å². The first-order valence-electron chi connectivity index (χ1n) is 9.71. The Morgan fingerprint density at radius 3 is 2.52 bits per heavy atom. The van der Waals surface area contributed by atoms with Crippen molar-refractivity contribution in [2.24, 2.45) is 0 Å². The first-order valence-corrected chi connectivity index (χ1v) is 12.1. The number of thiophene rings is 1. The predicted octanol–water partition coefficient (Wildman–Crippen LogP) is 4.65. The molecular formula is C22H19N5O2S2. The second kappa shape index (κ2) is 7.44. The van der Waals surface area contributed by atoms with Gasteiger partial charge >= 0.3 is 0 Å². The fourth-order valence-corrected chi connectivity index (χ4v) is 5.51. The number of sulfone groups is 1. The monoisotopic (exact) mass is 449 g/mol. The Kier molecular flexibility index (Phi) is 4.71. The largest absolute Gasteiger partial charge is 0.362 e. The van der Waals surface area contributed by atoms with E-state index in [1.807, 2.05) is 55.6 Å². The van der Waals surface area contributed by atoms with E-state index in [4.69, 9.17) is 0 Å². The minimum atomic E-state index is -3.87. The molecule has 0 radical (unpaired) electrons. The molecule has 0 spiro atoms. The SMILES string of the molecule is Cc1ccc(S(=O)(=O)c2nnn3c2nc(N[C@H](C)c2ccccc2)c2sccc23)cc1. The zero-order valence-electron chi connectivity index (χ0n) is 16.9. The summed E-state index contributed by atoms with van der Waals surface area (Å²) in [6, 6.07) is 18.6. The Bertz CT molecular complexity index is 1490. The van der Waals surface area contributed by atoms with Crippen molar-refractivity contribution in [3.05, 3.63) is 77.2 Å². The van der Waals surface area contributed by atoms with E-state index >= 15 is 0 Å². The van der Waals surface area contributed by atoms with Crippen molar-refractivity contribution in [3.8, 4) is 0 Å². The molecule has 9 heteroatoms. The minimum Gasteiger partial charge on any atom is -0.362 e. The molecule has 2 aromatic carbocycles. The van der Waals surface area contributed by atoms with Crippen LogP contribution in [0.15, 0.2) is 76.0 Å². The number of rotatable bonds is 5. The molecule has 1 N–H and O–H groups in total. The molecule has 0 aliphatic heterocycles. The molecule has 0 fully saturated rings. The third-order valence-corrected chi connectivity index (χ3v) is 7.74. The lowest BCUT2D eigenvalue weighted by atomic mass is 10.1. The van der Waals surface area contributed by atoms with E-state index in [-0.39, 0.29) is 21.6 Å². The topological polar surface area (TPSA) is 89.2 Å². The van der Waals surface area contributed by atoms with Gasteiger partial charge in [0.2, 0.25) is 14.9 Å². The molecule has 0 amide bonds. The van der Waals surface area contributed by atoms with Gasteiger partial charge in [0.1, 0.15) is 5.82 Å². The highest BCUT2D eigenvalue weighted by atomic mass is 32.2. The van der Waals surface area contributed by atoms with Gasteiger partial charge in [-0.1, -0.05) is 53.2 Å². The number of aromatic nitrogens is 4. The van der Waals surface area contributed by atoms with Crippen LogP contribution in [0.5, 0.6) is 0 Å². The molecule has 0 aliphatic carbocycles. The fraction of sp³-hybridized carbons (Fsp3) is 0.136. The van der Waals surface area contributed by atoms with Gasteiger partial charge in [-0.25, -0.2) is 13.4 Å². The summed E-state index contributed by atoms with van der Waals surface area (Å²) in [5.74, 6) is 0.608. The smallest absolute Gasteiger partial charge is 0.229 e. The molecule has 3 aromatic heterocycles. The number of nitrogens with one attached hydrogen (secondary N) is 1. The van der Waals surface area contributed by atoms with Crippen LogP contribution in [0.3, 0.4) is 0 Å². The number of aryl methyl sites for hydroxylation is 1. The second-order valence-corrected chi connectivity index (χ2v) is 10.1. The number of benzene rings is 2. The van der Waals surface area contributed by atoms with E-state index in [0.29, 0.717) is 5.82 Å². The molecule has 0 unspecified atom stereocenters. The summed E-state index contributed by atoms with van der Waals surface area (Å²) in [5, 5.41) is 13.3. The highest BCUT2D eigenvalue weighted by molar-refractivity contribution is 7.91. The molecule has 0 saturated carbocycles. The van der Waals surface area contributed by atoms with E-state index in [9.17, 15) is 8.42 Å². The van der Waals surface area contributed by atoms with Gasteiger partial charge < -0.3 is 5.32 Å². The lowest BCUT2D eigenvalue weighted by Crippen LogP contribution is -2.10. The maximum absolute atomic E-state index is 13.3. The second-order valence-electron chi connectivity index (χ2n) is 7.32. The molecular weight excluding hydrogens is 430 g/mol. The zero-order chi connectivity index (χ0) is 21.6. The van der Waals surface area contributed by atoms with Crippen molar-refractivity contribution in [3.63, 3.8) is 0 Å². The van der Waals surface area contributed by atoms with Crippen LogP contribution in [0.25, 0.3) is 15.9 Å². The van der Waals surface area contributed by atoms with E-state index in [1.54, 1.807) is 24.3 Å². The van der Waals surface area contributed by atoms with Gasteiger partial charge in [-0.05, 0) is 43.0 Å². The first-order chi connectivity index (χ1) is 14.9. The number of nitrogens with zero attached hydrogens (tertiary/aromatic N) is 4. The zero-order valence-corrected chi connectivity index (χ0v) is 18.5. The van der Waals surface area contributed by atoms with Crippen LogP contribution in [-0.4, -0.2) is 28.2 Å². The Labute approximate surface area is 183 Å².